The van der Waals surface area contributed by atoms with E-state index in [9.17, 15) is 0 Å². The van der Waals surface area contributed by atoms with E-state index in [0.717, 1.165) is 16.7 Å². The highest BCUT2D eigenvalue weighted by molar-refractivity contribution is 9.10. The average molecular weight is 273 g/mol. The molecule has 0 fully saturated rings. The van der Waals surface area contributed by atoms with E-state index in [1.54, 1.807) is 12.4 Å². The first-order chi connectivity index (χ1) is 7.02. The summed E-state index contributed by atoms with van der Waals surface area (Å²) in [5, 5.41) is 3.31. The number of nitrogen functional groups attached to an aromatic ring is 1. The first-order valence-corrected chi connectivity index (χ1v) is 5.61. The van der Waals surface area contributed by atoms with Crippen molar-refractivity contribution in [2.45, 2.75) is 13.0 Å². The van der Waals surface area contributed by atoms with Crippen LogP contribution in [0.1, 0.15) is 6.92 Å². The van der Waals surface area contributed by atoms with Gasteiger partial charge in [-0.25, -0.2) is 0 Å². The molecule has 0 spiro atoms. The summed E-state index contributed by atoms with van der Waals surface area (Å²) in [4.78, 5) is 6.14. The minimum absolute atomic E-state index is 0.449. The molecule has 0 aliphatic carbocycles. The zero-order valence-corrected chi connectivity index (χ0v) is 10.9. The Bertz CT molecular complexity index is 307. The quantitative estimate of drug-likeness (QED) is 0.878. The van der Waals surface area contributed by atoms with Gasteiger partial charge in [-0.2, -0.15) is 0 Å². The fourth-order valence-corrected chi connectivity index (χ4v) is 1.56. The molecule has 1 heterocycles. The first-order valence-electron chi connectivity index (χ1n) is 4.81. The summed E-state index contributed by atoms with van der Waals surface area (Å²) in [7, 11) is 4.11. The molecule has 0 radical (unpaired) electrons. The van der Waals surface area contributed by atoms with Gasteiger partial charge in [0.2, 0.25) is 0 Å². The molecule has 0 aliphatic rings. The maximum atomic E-state index is 5.82. The predicted octanol–water partition coefficient (Wildman–Crippen LogP) is 1.79. The summed E-state index contributed by atoms with van der Waals surface area (Å²) in [5.41, 5.74) is 7.39. The van der Waals surface area contributed by atoms with Gasteiger partial charge in [0.25, 0.3) is 0 Å². The summed E-state index contributed by atoms with van der Waals surface area (Å²) in [6.07, 6.45) is 3.38. The van der Waals surface area contributed by atoms with Crippen LogP contribution in [0, 0.1) is 0 Å². The summed E-state index contributed by atoms with van der Waals surface area (Å²) < 4.78 is 0.897. The Morgan fingerprint density at radius 1 is 1.53 bits per heavy atom. The molecule has 0 bridgehead atoms. The van der Waals surface area contributed by atoms with Crippen molar-refractivity contribution in [1.82, 2.24) is 9.88 Å². The highest BCUT2D eigenvalue weighted by Crippen LogP contribution is 2.26. The van der Waals surface area contributed by atoms with Crippen LogP contribution in [0.15, 0.2) is 16.9 Å². The number of hydrogen-bond donors (Lipinski definition) is 2. The molecule has 1 unspecified atom stereocenters. The average Bonchev–Trinajstić information content (AvgIpc) is 2.16. The van der Waals surface area contributed by atoms with Crippen LogP contribution >= 0.6 is 15.9 Å². The van der Waals surface area contributed by atoms with Crippen LogP contribution in [-0.2, 0) is 0 Å². The van der Waals surface area contributed by atoms with Crippen molar-refractivity contribution in [1.29, 1.82) is 0 Å². The van der Waals surface area contributed by atoms with E-state index in [4.69, 9.17) is 5.73 Å². The minimum Gasteiger partial charge on any atom is -0.396 e. The Labute approximate surface area is 99.0 Å². The van der Waals surface area contributed by atoms with Crippen LogP contribution in [0.3, 0.4) is 0 Å². The SMILES string of the molecule is CC(CNc1c(N)cncc1Br)N(C)C. The minimum atomic E-state index is 0.449. The van der Waals surface area contributed by atoms with Crippen LogP contribution in [0.2, 0.25) is 0 Å². The molecule has 0 saturated carbocycles. The van der Waals surface area contributed by atoms with Crippen LogP contribution in [-0.4, -0.2) is 36.6 Å². The molecule has 0 saturated heterocycles. The van der Waals surface area contributed by atoms with Gasteiger partial charge in [-0.1, -0.05) is 0 Å². The van der Waals surface area contributed by atoms with Gasteiger partial charge in [0.15, 0.2) is 0 Å². The van der Waals surface area contributed by atoms with Gasteiger partial charge in [-0.05, 0) is 36.9 Å². The number of anilines is 2. The zero-order valence-electron chi connectivity index (χ0n) is 9.29. The molecule has 15 heavy (non-hydrogen) atoms. The lowest BCUT2D eigenvalue weighted by Gasteiger charge is -2.21. The number of hydrogen-bond acceptors (Lipinski definition) is 4. The summed E-state index contributed by atoms with van der Waals surface area (Å²) in [6.45, 7) is 3.00. The second kappa shape index (κ2) is 5.32. The Kier molecular flexibility index (Phi) is 4.35. The molecular weight excluding hydrogens is 256 g/mol. The molecule has 1 aromatic heterocycles. The molecule has 1 aromatic rings. The van der Waals surface area contributed by atoms with Crippen molar-refractivity contribution in [2.75, 3.05) is 31.7 Å². The van der Waals surface area contributed by atoms with Gasteiger partial charge in [0, 0.05) is 18.8 Å². The standard InChI is InChI=1S/C10H17BrN4/c1-7(15(2)3)4-14-10-8(11)5-13-6-9(10)12/h5-7H,4,12H2,1-3H3,(H,13,14). The Hall–Kier alpha value is -0.810. The molecular formula is C10H17BrN4. The second-order valence-electron chi connectivity index (χ2n) is 3.78. The maximum Gasteiger partial charge on any atom is 0.0750 e. The number of likely N-dealkylation sites (N-methyl/N-ethyl adjacent to an activating group) is 1. The Balaban J connectivity index is 2.65. The number of rotatable bonds is 4. The molecule has 1 rings (SSSR count). The number of nitrogens with two attached hydrogens (primary N) is 1. The predicted molar refractivity (Wildman–Crippen MR) is 68.0 cm³/mol. The largest absolute Gasteiger partial charge is 0.396 e. The van der Waals surface area contributed by atoms with Gasteiger partial charge in [0.1, 0.15) is 0 Å². The molecule has 1 atom stereocenters. The summed E-state index contributed by atoms with van der Waals surface area (Å²) in [5.74, 6) is 0. The smallest absolute Gasteiger partial charge is 0.0750 e. The number of pyridine rings is 1. The van der Waals surface area contributed by atoms with Gasteiger partial charge >= 0.3 is 0 Å². The van der Waals surface area contributed by atoms with E-state index in [0.29, 0.717) is 11.7 Å². The Morgan fingerprint density at radius 3 is 2.73 bits per heavy atom. The van der Waals surface area contributed by atoms with Crippen molar-refractivity contribution in [2.24, 2.45) is 0 Å². The van der Waals surface area contributed by atoms with E-state index in [-0.39, 0.29) is 0 Å². The van der Waals surface area contributed by atoms with E-state index in [1.807, 2.05) is 0 Å². The maximum absolute atomic E-state index is 5.82. The van der Waals surface area contributed by atoms with Gasteiger partial charge < -0.3 is 16.0 Å². The van der Waals surface area contributed by atoms with Crippen molar-refractivity contribution < 1.29 is 0 Å². The van der Waals surface area contributed by atoms with Crippen molar-refractivity contribution in [3.63, 3.8) is 0 Å². The van der Waals surface area contributed by atoms with Crippen molar-refractivity contribution >= 4 is 27.3 Å². The van der Waals surface area contributed by atoms with E-state index < -0.39 is 0 Å². The Morgan fingerprint density at radius 2 is 2.20 bits per heavy atom. The number of nitrogens with zero attached hydrogens (tertiary/aromatic N) is 2. The van der Waals surface area contributed by atoms with Crippen LogP contribution in [0.4, 0.5) is 11.4 Å². The normalized spacial score (nSPS) is 12.9. The molecule has 4 nitrogen and oxygen atoms in total. The molecule has 0 aromatic carbocycles. The molecule has 84 valence electrons. The van der Waals surface area contributed by atoms with Crippen LogP contribution in [0.5, 0.6) is 0 Å². The highest BCUT2D eigenvalue weighted by Gasteiger charge is 2.07. The third kappa shape index (κ3) is 3.35. The summed E-state index contributed by atoms with van der Waals surface area (Å²) >= 11 is 3.42. The molecule has 5 heteroatoms. The topological polar surface area (TPSA) is 54.2 Å². The number of halogens is 1. The lowest BCUT2D eigenvalue weighted by molar-refractivity contribution is 0.326. The monoisotopic (exact) mass is 272 g/mol. The fraction of sp³-hybridized carbons (Fsp3) is 0.500. The van der Waals surface area contributed by atoms with Gasteiger partial charge in [-0.3, -0.25) is 4.98 Å². The third-order valence-electron chi connectivity index (χ3n) is 2.38. The molecule has 3 N–H and O–H groups in total. The van der Waals surface area contributed by atoms with Crippen molar-refractivity contribution in [3.8, 4) is 0 Å². The van der Waals surface area contributed by atoms with E-state index >= 15 is 0 Å². The lowest BCUT2D eigenvalue weighted by atomic mass is 10.3. The number of aromatic nitrogens is 1. The molecule has 0 amide bonds. The van der Waals surface area contributed by atoms with Gasteiger partial charge in [0.05, 0.1) is 22.0 Å². The van der Waals surface area contributed by atoms with Crippen LogP contribution < -0.4 is 11.1 Å². The second-order valence-corrected chi connectivity index (χ2v) is 4.63. The van der Waals surface area contributed by atoms with Crippen LogP contribution in [0.25, 0.3) is 0 Å². The van der Waals surface area contributed by atoms with E-state index in [2.05, 4.69) is 52.1 Å². The third-order valence-corrected chi connectivity index (χ3v) is 2.99. The zero-order chi connectivity index (χ0) is 11.4. The summed E-state index contributed by atoms with van der Waals surface area (Å²) in [6, 6.07) is 0.449. The highest BCUT2D eigenvalue weighted by atomic mass is 79.9. The van der Waals surface area contributed by atoms with Gasteiger partial charge in [-0.15, -0.1) is 0 Å². The van der Waals surface area contributed by atoms with E-state index in [1.165, 1.54) is 0 Å². The fourth-order valence-electron chi connectivity index (χ4n) is 1.07. The lowest BCUT2D eigenvalue weighted by Crippen LogP contribution is -2.31. The van der Waals surface area contributed by atoms with Crippen molar-refractivity contribution in [3.05, 3.63) is 16.9 Å². The molecule has 0 aliphatic heterocycles. The number of nitrogens with one attached hydrogen (secondary N) is 1. The first kappa shape index (κ1) is 12.3.